The summed E-state index contributed by atoms with van der Waals surface area (Å²) >= 11 is 0. The standard InChI is InChI=1S/C25H28N4O4S/c1-14(30)27-25(2,3)17-10-11-20-21(13-17)34(33,28-23(20)31)29-24(32)26-22-18-8-4-6-15(18)12-16-7-5-9-19(16)22/h10-13H,4-9H2,1-3H3,(H,27,30)(H2,26,28,29,31,32,33). The molecule has 34 heavy (non-hydrogen) atoms. The molecule has 0 fully saturated rings. The molecule has 178 valence electrons. The van der Waals surface area contributed by atoms with Gasteiger partial charge >= 0.3 is 6.03 Å². The number of benzene rings is 2. The summed E-state index contributed by atoms with van der Waals surface area (Å²) in [5.74, 6) is -0.755. The maximum Gasteiger partial charge on any atom is 0.355 e. The highest BCUT2D eigenvalue weighted by Crippen LogP contribution is 2.39. The van der Waals surface area contributed by atoms with Crippen molar-refractivity contribution in [3.05, 3.63) is 57.6 Å². The molecule has 3 N–H and O–H groups in total. The first kappa shape index (κ1) is 22.6. The van der Waals surface area contributed by atoms with Crippen molar-refractivity contribution in [2.24, 2.45) is 4.36 Å². The maximum absolute atomic E-state index is 13.7. The fraction of sp³-hybridized carbons (Fsp3) is 0.400. The number of amides is 4. The quantitative estimate of drug-likeness (QED) is 0.620. The average molecular weight is 481 g/mol. The molecule has 3 aliphatic rings. The molecule has 0 spiro atoms. The van der Waals surface area contributed by atoms with Gasteiger partial charge in [-0.25, -0.2) is 9.00 Å². The van der Waals surface area contributed by atoms with Crippen LogP contribution in [-0.2, 0) is 45.9 Å². The summed E-state index contributed by atoms with van der Waals surface area (Å²) < 4.78 is 20.1. The molecule has 4 amide bonds. The number of nitrogens with zero attached hydrogens (tertiary/aromatic N) is 1. The number of rotatable bonds is 3. The monoisotopic (exact) mass is 480 g/mol. The highest BCUT2D eigenvalue weighted by atomic mass is 32.2. The van der Waals surface area contributed by atoms with Gasteiger partial charge in [-0.05, 0) is 92.3 Å². The Kier molecular flexibility index (Phi) is 5.27. The van der Waals surface area contributed by atoms with Crippen LogP contribution >= 0.6 is 0 Å². The Morgan fingerprint density at radius 3 is 2.29 bits per heavy atom. The molecular weight excluding hydrogens is 452 g/mol. The summed E-state index contributed by atoms with van der Waals surface area (Å²) in [4.78, 5) is 37.3. The number of hydrogen-bond donors (Lipinski definition) is 3. The van der Waals surface area contributed by atoms with E-state index in [0.717, 1.165) is 55.3 Å². The highest BCUT2D eigenvalue weighted by Gasteiger charge is 2.34. The van der Waals surface area contributed by atoms with E-state index in [1.165, 1.54) is 18.1 Å². The first-order valence-corrected chi connectivity index (χ1v) is 13.1. The topological polar surface area (TPSA) is 117 Å². The first-order chi connectivity index (χ1) is 16.1. The van der Waals surface area contributed by atoms with Gasteiger partial charge in [0.15, 0.2) is 9.92 Å². The number of carbonyl (C=O) groups is 3. The summed E-state index contributed by atoms with van der Waals surface area (Å²) in [5, 5.41) is 5.76. The van der Waals surface area contributed by atoms with Crippen molar-refractivity contribution in [3.8, 4) is 0 Å². The summed E-state index contributed by atoms with van der Waals surface area (Å²) in [6, 6.07) is 6.37. The van der Waals surface area contributed by atoms with E-state index in [1.54, 1.807) is 18.2 Å². The predicted octanol–water partition coefficient (Wildman–Crippen LogP) is 3.75. The second-order valence-corrected chi connectivity index (χ2v) is 11.6. The van der Waals surface area contributed by atoms with Gasteiger partial charge in [-0.15, -0.1) is 4.36 Å². The van der Waals surface area contributed by atoms with Crippen molar-refractivity contribution in [1.29, 1.82) is 0 Å². The number of nitrogens with one attached hydrogen (secondary N) is 3. The fourth-order valence-corrected chi connectivity index (χ4v) is 7.00. The molecule has 0 saturated heterocycles. The van der Waals surface area contributed by atoms with Gasteiger partial charge in [-0.2, -0.15) is 0 Å². The van der Waals surface area contributed by atoms with Crippen LogP contribution in [0.25, 0.3) is 0 Å². The van der Waals surface area contributed by atoms with Crippen LogP contribution in [0.3, 0.4) is 0 Å². The van der Waals surface area contributed by atoms with E-state index >= 15 is 0 Å². The summed E-state index contributed by atoms with van der Waals surface area (Å²) in [6.07, 6.45) is 5.88. The summed E-state index contributed by atoms with van der Waals surface area (Å²) in [5.41, 5.74) is 5.74. The lowest BCUT2D eigenvalue weighted by molar-refractivity contribution is -0.120. The molecule has 0 radical (unpaired) electrons. The van der Waals surface area contributed by atoms with Gasteiger partial charge in [0, 0.05) is 12.6 Å². The third-order valence-electron chi connectivity index (χ3n) is 6.88. The number of carbonyl (C=O) groups excluding carboxylic acids is 3. The van der Waals surface area contributed by atoms with Crippen molar-refractivity contribution in [3.63, 3.8) is 0 Å². The van der Waals surface area contributed by atoms with Crippen molar-refractivity contribution in [1.82, 2.24) is 10.0 Å². The van der Waals surface area contributed by atoms with E-state index in [1.807, 2.05) is 13.8 Å². The molecule has 5 rings (SSSR count). The number of anilines is 1. The smallest absolute Gasteiger partial charge is 0.347 e. The van der Waals surface area contributed by atoms with Crippen molar-refractivity contribution in [2.75, 3.05) is 5.32 Å². The molecule has 9 heteroatoms. The molecule has 0 saturated carbocycles. The minimum absolute atomic E-state index is 0.159. The third kappa shape index (κ3) is 3.77. The lowest BCUT2D eigenvalue weighted by Gasteiger charge is -2.26. The Labute approximate surface area is 199 Å². The van der Waals surface area contributed by atoms with Crippen molar-refractivity contribution >= 4 is 33.4 Å². The van der Waals surface area contributed by atoms with Gasteiger partial charge < -0.3 is 10.6 Å². The largest absolute Gasteiger partial charge is 0.355 e. The third-order valence-corrected chi connectivity index (χ3v) is 8.70. The van der Waals surface area contributed by atoms with Gasteiger partial charge in [0.2, 0.25) is 5.91 Å². The second kappa shape index (κ2) is 7.94. The van der Waals surface area contributed by atoms with Gasteiger partial charge in [0.05, 0.1) is 16.0 Å². The Hall–Kier alpha value is -3.20. The lowest BCUT2D eigenvalue weighted by atomic mass is 9.93. The van der Waals surface area contributed by atoms with E-state index in [9.17, 15) is 18.6 Å². The van der Waals surface area contributed by atoms with Crippen LogP contribution in [0, 0.1) is 0 Å². The minimum atomic E-state index is -3.52. The number of fused-ring (bicyclic) bond motifs is 3. The second-order valence-electron chi connectivity index (χ2n) is 9.73. The summed E-state index contributed by atoms with van der Waals surface area (Å²) in [7, 11) is -3.52. The SMILES string of the molecule is CC(=O)NC(C)(C)c1ccc2c(c1)S(=O)(=NC(=O)Nc1c3c(cc4c1CCC4)CCC3)NC2=O. The van der Waals surface area contributed by atoms with Gasteiger partial charge in [-0.1, -0.05) is 12.1 Å². The van der Waals surface area contributed by atoms with Crippen LogP contribution in [0.2, 0.25) is 0 Å². The molecule has 0 bridgehead atoms. The Morgan fingerprint density at radius 2 is 1.68 bits per heavy atom. The number of urea groups is 1. The van der Waals surface area contributed by atoms with Crippen LogP contribution in [0.4, 0.5) is 10.5 Å². The molecule has 0 aromatic heterocycles. The van der Waals surface area contributed by atoms with Gasteiger partial charge in [0.1, 0.15) is 0 Å². The zero-order valence-corrected chi connectivity index (χ0v) is 20.4. The van der Waals surface area contributed by atoms with Crippen LogP contribution < -0.4 is 15.4 Å². The van der Waals surface area contributed by atoms with Crippen LogP contribution in [0.5, 0.6) is 0 Å². The molecule has 2 aromatic rings. The number of hydrogen-bond acceptors (Lipinski definition) is 4. The first-order valence-electron chi connectivity index (χ1n) is 11.6. The maximum atomic E-state index is 13.7. The van der Waals surface area contributed by atoms with Crippen LogP contribution in [0.1, 0.15) is 71.8 Å². The Morgan fingerprint density at radius 1 is 1.03 bits per heavy atom. The van der Waals surface area contributed by atoms with E-state index < -0.39 is 27.4 Å². The van der Waals surface area contributed by atoms with E-state index in [0.29, 0.717) is 5.56 Å². The highest BCUT2D eigenvalue weighted by molar-refractivity contribution is 7.93. The minimum Gasteiger partial charge on any atom is -0.347 e. The van der Waals surface area contributed by atoms with E-state index in [2.05, 4.69) is 25.8 Å². The van der Waals surface area contributed by atoms with Crippen molar-refractivity contribution in [2.45, 2.75) is 69.7 Å². The molecule has 8 nitrogen and oxygen atoms in total. The zero-order chi connectivity index (χ0) is 24.3. The number of aryl methyl sites for hydroxylation is 2. The average Bonchev–Trinajstić information content (AvgIpc) is 3.45. The molecule has 1 unspecified atom stereocenters. The Bertz CT molecular complexity index is 1350. The van der Waals surface area contributed by atoms with Crippen LogP contribution in [0.15, 0.2) is 33.5 Å². The lowest BCUT2D eigenvalue weighted by Crippen LogP contribution is -2.39. The zero-order valence-electron chi connectivity index (χ0n) is 19.5. The normalized spacial score (nSPS) is 20.3. The van der Waals surface area contributed by atoms with Crippen molar-refractivity contribution < 1.29 is 18.6 Å². The predicted molar refractivity (Wildman–Crippen MR) is 129 cm³/mol. The van der Waals surface area contributed by atoms with Crippen LogP contribution in [-0.4, -0.2) is 22.1 Å². The van der Waals surface area contributed by atoms with E-state index in [-0.39, 0.29) is 16.4 Å². The summed E-state index contributed by atoms with van der Waals surface area (Å²) in [6.45, 7) is 5.03. The fourth-order valence-electron chi connectivity index (χ4n) is 5.36. The molecule has 2 aromatic carbocycles. The van der Waals surface area contributed by atoms with E-state index in [4.69, 9.17) is 0 Å². The molecule has 1 heterocycles. The molecule has 2 aliphatic carbocycles. The Balaban J connectivity index is 1.52. The van der Waals surface area contributed by atoms with Gasteiger partial charge in [-0.3, -0.25) is 14.3 Å². The molecular formula is C25H28N4O4S. The van der Waals surface area contributed by atoms with Gasteiger partial charge in [0.25, 0.3) is 5.91 Å². The molecule has 1 aliphatic heterocycles. The molecule has 1 atom stereocenters.